The van der Waals surface area contributed by atoms with E-state index in [2.05, 4.69) is 96.4 Å². The van der Waals surface area contributed by atoms with E-state index in [1.807, 2.05) is 6.08 Å². The van der Waals surface area contributed by atoms with Gasteiger partial charge in [-0.25, -0.2) is 0 Å². The molecule has 1 heteroatoms. The molecule has 0 aliphatic rings. The largest absolute Gasteiger partial charge is 0.341 e. The Labute approximate surface area is 138 Å². The zero-order valence-electron chi connectivity index (χ0n) is 13.2. The van der Waals surface area contributed by atoms with Gasteiger partial charge < -0.3 is 4.90 Å². The summed E-state index contributed by atoms with van der Waals surface area (Å²) in [6.07, 6.45) is 2.88. The molecule has 0 amide bonds. The van der Waals surface area contributed by atoms with E-state index in [-0.39, 0.29) is 0 Å². The quantitative estimate of drug-likeness (QED) is 0.563. The van der Waals surface area contributed by atoms with Crippen LogP contribution < -0.4 is 4.90 Å². The average molecular weight is 299 g/mol. The monoisotopic (exact) mass is 299 g/mol. The molecule has 0 aliphatic heterocycles. The molecule has 0 saturated carbocycles. The Morgan fingerprint density at radius 2 is 1.22 bits per heavy atom. The fraction of sp³-hybridized carbons (Fsp3) is 0.0909. The lowest BCUT2D eigenvalue weighted by Gasteiger charge is -2.25. The molecule has 1 nitrogen and oxygen atoms in total. The summed E-state index contributed by atoms with van der Waals surface area (Å²) >= 11 is 0. The molecule has 0 heterocycles. The molecule has 23 heavy (non-hydrogen) atoms. The van der Waals surface area contributed by atoms with Gasteiger partial charge in [-0.1, -0.05) is 73.3 Å². The number of hydrogen-bond acceptors (Lipinski definition) is 1. The number of hydrogen-bond donors (Lipinski definition) is 0. The average Bonchev–Trinajstić information content (AvgIpc) is 2.64. The third kappa shape index (κ3) is 3.89. The highest BCUT2D eigenvalue weighted by molar-refractivity contribution is 5.63. The lowest BCUT2D eigenvalue weighted by Crippen LogP contribution is -2.20. The summed E-state index contributed by atoms with van der Waals surface area (Å²) in [6.45, 7) is 4.75. The molecule has 0 spiro atoms. The van der Waals surface area contributed by atoms with E-state index in [0.29, 0.717) is 0 Å². The molecule has 114 valence electrons. The minimum absolute atomic E-state index is 0.946. The van der Waals surface area contributed by atoms with Crippen molar-refractivity contribution < 1.29 is 0 Å². The highest BCUT2D eigenvalue weighted by atomic mass is 15.1. The van der Waals surface area contributed by atoms with Crippen LogP contribution in [-0.2, 0) is 6.42 Å². The summed E-state index contributed by atoms with van der Waals surface area (Å²) in [5.74, 6) is 0. The normalized spacial score (nSPS) is 10.3. The SMILES string of the molecule is C=Cc1ccc(CCN(c2ccccc2)c2ccccc2)cc1. The molecular weight excluding hydrogens is 278 g/mol. The van der Waals surface area contributed by atoms with Crippen LogP contribution in [0.4, 0.5) is 11.4 Å². The summed E-state index contributed by atoms with van der Waals surface area (Å²) in [6, 6.07) is 29.7. The van der Waals surface area contributed by atoms with Crippen LogP contribution in [0.25, 0.3) is 6.08 Å². The summed E-state index contributed by atoms with van der Waals surface area (Å²) in [7, 11) is 0. The van der Waals surface area contributed by atoms with Crippen LogP contribution in [0.2, 0.25) is 0 Å². The van der Waals surface area contributed by atoms with Crippen molar-refractivity contribution in [1.82, 2.24) is 0 Å². The third-order valence-electron chi connectivity index (χ3n) is 3.98. The second-order valence-corrected chi connectivity index (χ2v) is 5.52. The highest BCUT2D eigenvalue weighted by Gasteiger charge is 2.08. The van der Waals surface area contributed by atoms with Crippen molar-refractivity contribution in [2.75, 3.05) is 11.4 Å². The van der Waals surface area contributed by atoms with Gasteiger partial charge in [0, 0.05) is 17.9 Å². The number of para-hydroxylation sites is 2. The van der Waals surface area contributed by atoms with Gasteiger partial charge in [-0.2, -0.15) is 0 Å². The van der Waals surface area contributed by atoms with Crippen LogP contribution in [0.3, 0.4) is 0 Å². The molecule has 0 radical (unpaired) electrons. The van der Waals surface area contributed by atoms with E-state index in [4.69, 9.17) is 0 Å². The first-order valence-electron chi connectivity index (χ1n) is 7.96. The predicted octanol–water partition coefficient (Wildman–Crippen LogP) is 5.71. The Morgan fingerprint density at radius 3 is 1.70 bits per heavy atom. The molecule has 0 aromatic heterocycles. The Kier molecular flexibility index (Phi) is 4.90. The fourth-order valence-corrected chi connectivity index (χ4v) is 2.68. The molecule has 0 bridgehead atoms. The molecule has 0 atom stereocenters. The topological polar surface area (TPSA) is 3.24 Å². The van der Waals surface area contributed by atoms with Crippen molar-refractivity contribution >= 4 is 17.5 Å². The van der Waals surface area contributed by atoms with Gasteiger partial charge in [0.15, 0.2) is 0 Å². The van der Waals surface area contributed by atoms with Crippen molar-refractivity contribution in [3.8, 4) is 0 Å². The van der Waals surface area contributed by atoms with Gasteiger partial charge in [0.2, 0.25) is 0 Å². The van der Waals surface area contributed by atoms with E-state index in [9.17, 15) is 0 Å². The first-order valence-corrected chi connectivity index (χ1v) is 7.96. The van der Waals surface area contributed by atoms with E-state index >= 15 is 0 Å². The van der Waals surface area contributed by atoms with E-state index in [1.165, 1.54) is 16.9 Å². The van der Waals surface area contributed by atoms with Crippen molar-refractivity contribution in [3.63, 3.8) is 0 Å². The van der Waals surface area contributed by atoms with Crippen molar-refractivity contribution in [2.45, 2.75) is 6.42 Å². The lowest BCUT2D eigenvalue weighted by atomic mass is 10.1. The lowest BCUT2D eigenvalue weighted by molar-refractivity contribution is 0.914. The molecule has 3 aromatic rings. The summed E-state index contributed by atoms with van der Waals surface area (Å²) in [5, 5.41) is 0. The first-order chi connectivity index (χ1) is 11.4. The maximum Gasteiger partial charge on any atom is 0.0410 e. The summed E-state index contributed by atoms with van der Waals surface area (Å²) < 4.78 is 0. The highest BCUT2D eigenvalue weighted by Crippen LogP contribution is 2.25. The fourth-order valence-electron chi connectivity index (χ4n) is 2.68. The smallest absolute Gasteiger partial charge is 0.0410 e. The Hall–Kier alpha value is -2.80. The Morgan fingerprint density at radius 1 is 0.696 bits per heavy atom. The Balaban J connectivity index is 1.80. The summed E-state index contributed by atoms with van der Waals surface area (Å²) in [5.41, 5.74) is 4.95. The van der Waals surface area contributed by atoms with Crippen molar-refractivity contribution in [3.05, 3.63) is 103 Å². The van der Waals surface area contributed by atoms with E-state index < -0.39 is 0 Å². The molecule has 0 N–H and O–H groups in total. The van der Waals surface area contributed by atoms with Crippen LogP contribution in [0.5, 0.6) is 0 Å². The second-order valence-electron chi connectivity index (χ2n) is 5.52. The first kappa shape index (κ1) is 15.1. The predicted molar refractivity (Wildman–Crippen MR) is 100 cm³/mol. The van der Waals surface area contributed by atoms with Crippen molar-refractivity contribution in [2.24, 2.45) is 0 Å². The molecule has 3 aromatic carbocycles. The maximum absolute atomic E-state index is 3.81. The van der Waals surface area contributed by atoms with Gasteiger partial charge >= 0.3 is 0 Å². The van der Waals surface area contributed by atoms with Crippen LogP contribution in [0.15, 0.2) is 91.5 Å². The number of nitrogens with zero attached hydrogens (tertiary/aromatic N) is 1. The van der Waals surface area contributed by atoms with Crippen LogP contribution in [0, 0.1) is 0 Å². The van der Waals surface area contributed by atoms with Crippen LogP contribution >= 0.6 is 0 Å². The zero-order valence-corrected chi connectivity index (χ0v) is 13.2. The van der Waals surface area contributed by atoms with Crippen molar-refractivity contribution in [1.29, 1.82) is 0 Å². The molecule has 3 rings (SSSR count). The standard InChI is InChI=1S/C22H21N/c1-2-19-13-15-20(16-14-19)17-18-23(21-9-5-3-6-10-21)22-11-7-4-8-12-22/h2-16H,1,17-18H2. The molecule has 0 aliphatic carbocycles. The molecular formula is C22H21N. The molecule has 0 unspecified atom stereocenters. The molecule has 0 fully saturated rings. The minimum Gasteiger partial charge on any atom is -0.341 e. The van der Waals surface area contributed by atoms with E-state index in [0.717, 1.165) is 18.5 Å². The summed E-state index contributed by atoms with van der Waals surface area (Å²) in [4.78, 5) is 2.36. The number of anilines is 2. The van der Waals surface area contributed by atoms with Gasteiger partial charge in [-0.05, 0) is 41.8 Å². The van der Waals surface area contributed by atoms with Gasteiger partial charge in [0.05, 0.1) is 0 Å². The Bertz CT molecular complexity index is 690. The van der Waals surface area contributed by atoms with Crippen LogP contribution in [-0.4, -0.2) is 6.54 Å². The number of benzene rings is 3. The molecule has 0 saturated heterocycles. The zero-order chi connectivity index (χ0) is 15.9. The van der Waals surface area contributed by atoms with Gasteiger partial charge in [-0.3, -0.25) is 0 Å². The second kappa shape index (κ2) is 7.46. The van der Waals surface area contributed by atoms with Crippen LogP contribution in [0.1, 0.15) is 11.1 Å². The van der Waals surface area contributed by atoms with Gasteiger partial charge in [0.1, 0.15) is 0 Å². The third-order valence-corrected chi connectivity index (χ3v) is 3.98. The van der Waals surface area contributed by atoms with Gasteiger partial charge in [-0.15, -0.1) is 0 Å². The van der Waals surface area contributed by atoms with Gasteiger partial charge in [0.25, 0.3) is 0 Å². The van der Waals surface area contributed by atoms with E-state index in [1.54, 1.807) is 0 Å². The minimum atomic E-state index is 0.946. The number of rotatable bonds is 6. The maximum atomic E-state index is 3.81.